The molecule has 21 heavy (non-hydrogen) atoms. The third kappa shape index (κ3) is 4.68. The van der Waals surface area contributed by atoms with Crippen LogP contribution in [-0.4, -0.2) is 12.4 Å². The van der Waals surface area contributed by atoms with Crippen molar-refractivity contribution in [2.45, 2.75) is 6.61 Å². The van der Waals surface area contributed by atoms with Crippen LogP contribution in [0.5, 0.6) is 5.75 Å². The molecular weight excluding hydrogens is 298 g/mol. The number of ether oxygens (including phenoxy) is 1. The fraction of sp³-hybridized carbons (Fsp3) is 0.0625. The van der Waals surface area contributed by atoms with Gasteiger partial charge in [-0.25, -0.2) is 0 Å². The third-order valence-electron chi connectivity index (χ3n) is 2.66. The molecule has 0 N–H and O–H groups in total. The molecule has 0 aliphatic rings. The number of rotatable bonds is 5. The number of benzene rings is 2. The third-order valence-corrected chi connectivity index (χ3v) is 2.91. The highest BCUT2D eigenvalue weighted by atomic mass is 35.5. The lowest BCUT2D eigenvalue weighted by Crippen LogP contribution is -2.01. The summed E-state index contributed by atoms with van der Waals surface area (Å²) in [7, 11) is 0. The summed E-state index contributed by atoms with van der Waals surface area (Å²) in [6, 6.07) is 12.5. The minimum Gasteiger partial charge on any atom is -0.435 e. The predicted octanol–water partition coefficient (Wildman–Crippen LogP) is 4.84. The Labute approximate surface area is 125 Å². The van der Waals surface area contributed by atoms with Crippen LogP contribution in [0.1, 0.15) is 15.9 Å². The molecule has 0 heterocycles. The molecule has 0 amide bonds. The molecule has 0 aliphatic carbocycles. The molecular formula is C16H11ClF2O2. The minimum absolute atomic E-state index is 0.0752. The van der Waals surface area contributed by atoms with E-state index in [1.54, 1.807) is 42.5 Å². The van der Waals surface area contributed by atoms with E-state index in [4.69, 9.17) is 11.6 Å². The molecule has 0 saturated heterocycles. The molecule has 0 aliphatic heterocycles. The van der Waals surface area contributed by atoms with Crippen molar-refractivity contribution in [3.63, 3.8) is 0 Å². The molecule has 5 heteroatoms. The van der Waals surface area contributed by atoms with E-state index in [1.165, 1.54) is 18.2 Å². The molecule has 2 nitrogen and oxygen atoms in total. The number of halogens is 3. The van der Waals surface area contributed by atoms with Crippen LogP contribution in [0.4, 0.5) is 8.78 Å². The van der Waals surface area contributed by atoms with Crippen LogP contribution in [-0.2, 0) is 0 Å². The van der Waals surface area contributed by atoms with Gasteiger partial charge in [0.25, 0.3) is 0 Å². The van der Waals surface area contributed by atoms with Gasteiger partial charge >= 0.3 is 6.61 Å². The highest BCUT2D eigenvalue weighted by Crippen LogP contribution is 2.16. The van der Waals surface area contributed by atoms with Crippen molar-refractivity contribution in [2.24, 2.45) is 0 Å². The van der Waals surface area contributed by atoms with Crippen molar-refractivity contribution in [1.82, 2.24) is 0 Å². The Morgan fingerprint density at radius 2 is 1.67 bits per heavy atom. The number of ketones is 1. The fourth-order valence-corrected chi connectivity index (χ4v) is 1.77. The Morgan fingerprint density at radius 1 is 1.05 bits per heavy atom. The highest BCUT2D eigenvalue weighted by molar-refractivity contribution is 6.30. The Morgan fingerprint density at radius 3 is 2.24 bits per heavy atom. The van der Waals surface area contributed by atoms with Crippen molar-refractivity contribution in [3.05, 3.63) is 70.8 Å². The second kappa shape index (κ2) is 6.99. The lowest BCUT2D eigenvalue weighted by molar-refractivity contribution is -0.0498. The van der Waals surface area contributed by atoms with E-state index >= 15 is 0 Å². The zero-order valence-electron chi connectivity index (χ0n) is 10.8. The van der Waals surface area contributed by atoms with Gasteiger partial charge in [-0.15, -0.1) is 0 Å². The Bertz CT molecular complexity index is 634. The predicted molar refractivity (Wildman–Crippen MR) is 77.9 cm³/mol. The van der Waals surface area contributed by atoms with Gasteiger partial charge in [-0.2, -0.15) is 8.78 Å². The number of alkyl halides is 2. The summed E-state index contributed by atoms with van der Waals surface area (Å²) in [5.41, 5.74) is 1.23. The molecule has 0 bridgehead atoms. The Balaban J connectivity index is 2.03. The maximum Gasteiger partial charge on any atom is 0.387 e. The van der Waals surface area contributed by atoms with Crippen LogP contribution in [0.2, 0.25) is 5.02 Å². The second-order valence-electron chi connectivity index (χ2n) is 4.15. The van der Waals surface area contributed by atoms with E-state index in [1.807, 2.05) is 0 Å². The first-order valence-electron chi connectivity index (χ1n) is 6.07. The van der Waals surface area contributed by atoms with Crippen molar-refractivity contribution >= 4 is 23.5 Å². The van der Waals surface area contributed by atoms with Gasteiger partial charge in [0.05, 0.1) is 0 Å². The van der Waals surface area contributed by atoms with Crippen molar-refractivity contribution in [1.29, 1.82) is 0 Å². The number of carbonyl (C=O) groups is 1. The second-order valence-corrected chi connectivity index (χ2v) is 4.59. The van der Waals surface area contributed by atoms with E-state index in [9.17, 15) is 13.6 Å². The fourth-order valence-electron chi connectivity index (χ4n) is 1.64. The summed E-state index contributed by atoms with van der Waals surface area (Å²) in [4.78, 5) is 11.9. The maximum absolute atomic E-state index is 12.0. The summed E-state index contributed by atoms with van der Waals surface area (Å²) in [6.45, 7) is -2.85. The van der Waals surface area contributed by atoms with E-state index in [2.05, 4.69) is 4.74 Å². The lowest BCUT2D eigenvalue weighted by atomic mass is 10.1. The molecule has 0 saturated carbocycles. The maximum atomic E-state index is 12.0. The zero-order chi connectivity index (χ0) is 15.2. The van der Waals surface area contributed by atoms with Gasteiger partial charge in [-0.3, -0.25) is 4.79 Å². The SMILES string of the molecule is O=C(/C=C/c1ccc(OC(F)F)cc1)c1ccc(Cl)cc1. The first-order valence-corrected chi connectivity index (χ1v) is 6.45. The smallest absolute Gasteiger partial charge is 0.387 e. The number of allylic oxidation sites excluding steroid dienone is 1. The van der Waals surface area contributed by atoms with Gasteiger partial charge in [-0.1, -0.05) is 29.8 Å². The van der Waals surface area contributed by atoms with Crippen LogP contribution >= 0.6 is 11.6 Å². The normalized spacial score (nSPS) is 11.0. The van der Waals surface area contributed by atoms with Crippen LogP contribution in [0.25, 0.3) is 6.08 Å². The Hall–Kier alpha value is -2.20. The highest BCUT2D eigenvalue weighted by Gasteiger charge is 2.03. The van der Waals surface area contributed by atoms with E-state index < -0.39 is 6.61 Å². The largest absolute Gasteiger partial charge is 0.435 e. The molecule has 2 rings (SSSR count). The molecule has 0 atom stereocenters. The van der Waals surface area contributed by atoms with Crippen LogP contribution in [0.15, 0.2) is 54.6 Å². The minimum atomic E-state index is -2.85. The summed E-state index contributed by atoms with van der Waals surface area (Å²) in [6.07, 6.45) is 3.01. The molecule has 2 aromatic rings. The standard InChI is InChI=1S/C16H11ClF2O2/c17-13-6-4-12(5-7-13)15(20)10-3-11-1-8-14(9-2-11)21-16(18)19/h1-10,16H/b10-3+. The van der Waals surface area contributed by atoms with Gasteiger partial charge in [-0.05, 0) is 48.0 Å². The van der Waals surface area contributed by atoms with Gasteiger partial charge < -0.3 is 4.74 Å². The number of hydrogen-bond acceptors (Lipinski definition) is 2. The summed E-state index contributed by atoms with van der Waals surface area (Å²) in [5, 5.41) is 0.560. The summed E-state index contributed by atoms with van der Waals surface area (Å²) < 4.78 is 28.2. The molecule has 0 fully saturated rings. The number of carbonyl (C=O) groups excluding carboxylic acids is 1. The molecule has 0 aromatic heterocycles. The van der Waals surface area contributed by atoms with Gasteiger partial charge in [0.2, 0.25) is 0 Å². The molecule has 0 spiro atoms. The van der Waals surface area contributed by atoms with Gasteiger partial charge in [0.15, 0.2) is 5.78 Å². The monoisotopic (exact) mass is 308 g/mol. The van der Waals surface area contributed by atoms with E-state index in [0.717, 1.165) is 0 Å². The molecule has 0 radical (unpaired) electrons. The first kappa shape index (κ1) is 15.2. The topological polar surface area (TPSA) is 26.3 Å². The quantitative estimate of drug-likeness (QED) is 0.583. The van der Waals surface area contributed by atoms with Gasteiger partial charge in [0, 0.05) is 10.6 Å². The summed E-state index contributed by atoms with van der Waals surface area (Å²) >= 11 is 5.75. The summed E-state index contributed by atoms with van der Waals surface area (Å²) in [5.74, 6) is -0.0919. The lowest BCUT2D eigenvalue weighted by Gasteiger charge is -2.03. The molecule has 0 unspecified atom stereocenters. The Kier molecular flexibility index (Phi) is 5.06. The van der Waals surface area contributed by atoms with Gasteiger partial charge in [0.1, 0.15) is 5.75 Å². The van der Waals surface area contributed by atoms with Crippen molar-refractivity contribution < 1.29 is 18.3 Å². The van der Waals surface area contributed by atoms with E-state index in [0.29, 0.717) is 16.1 Å². The van der Waals surface area contributed by atoms with Crippen LogP contribution in [0.3, 0.4) is 0 Å². The average molecular weight is 309 g/mol. The van der Waals surface area contributed by atoms with Crippen LogP contribution in [0, 0.1) is 0 Å². The zero-order valence-corrected chi connectivity index (χ0v) is 11.6. The molecule has 2 aromatic carbocycles. The molecule has 108 valence electrons. The van der Waals surface area contributed by atoms with Crippen LogP contribution < -0.4 is 4.74 Å². The van der Waals surface area contributed by atoms with Crippen molar-refractivity contribution in [3.8, 4) is 5.75 Å². The average Bonchev–Trinajstić information content (AvgIpc) is 2.46. The number of hydrogen-bond donors (Lipinski definition) is 0. The first-order chi connectivity index (χ1) is 10.0. The van der Waals surface area contributed by atoms with E-state index in [-0.39, 0.29) is 11.5 Å². The van der Waals surface area contributed by atoms with Crippen molar-refractivity contribution in [2.75, 3.05) is 0 Å².